The lowest BCUT2D eigenvalue weighted by molar-refractivity contribution is 0.0956. The number of rotatable bonds is 2. The van der Waals surface area contributed by atoms with Crippen molar-refractivity contribution in [1.29, 1.82) is 0 Å². The van der Waals surface area contributed by atoms with Gasteiger partial charge in [-0.2, -0.15) is 0 Å². The zero-order valence-electron chi connectivity index (χ0n) is 6.12. The summed E-state index contributed by atoms with van der Waals surface area (Å²) in [5, 5.41) is 17.9. The van der Waals surface area contributed by atoms with Crippen LogP contribution in [0.3, 0.4) is 0 Å². The monoisotopic (exact) mass is 170 g/mol. The van der Waals surface area contributed by atoms with Crippen molar-refractivity contribution in [2.45, 2.75) is 0 Å². The molecule has 0 fully saturated rings. The summed E-state index contributed by atoms with van der Waals surface area (Å²) in [4.78, 5) is 10.7. The van der Waals surface area contributed by atoms with Gasteiger partial charge in [-0.05, 0) is 12.1 Å². The molecule has 0 heterocycles. The summed E-state index contributed by atoms with van der Waals surface area (Å²) in [5.74, 6) is -1.37. The van der Waals surface area contributed by atoms with E-state index in [4.69, 9.17) is 10.2 Å². The molecule has 0 unspecified atom stereocenters. The Bertz CT molecular complexity index is 309. The molecule has 0 saturated heterocycles. The van der Waals surface area contributed by atoms with Crippen LogP contribution >= 0.6 is 0 Å². The van der Waals surface area contributed by atoms with Gasteiger partial charge < -0.3 is 10.2 Å². The van der Waals surface area contributed by atoms with E-state index >= 15 is 0 Å². The number of phenols is 2. The van der Waals surface area contributed by atoms with Gasteiger partial charge in [0.2, 0.25) is 0 Å². The number of Topliss-reactive ketones (excluding diaryl/α,β-unsaturated/α-hetero) is 1. The van der Waals surface area contributed by atoms with Crippen molar-refractivity contribution < 1.29 is 19.4 Å². The number of hydrogen-bond donors (Lipinski definition) is 2. The third-order valence-electron chi connectivity index (χ3n) is 1.40. The molecule has 3 nitrogen and oxygen atoms in total. The maximum atomic E-state index is 11.8. The van der Waals surface area contributed by atoms with Crippen molar-refractivity contribution in [3.05, 3.63) is 23.8 Å². The molecule has 0 radical (unpaired) electrons. The summed E-state index contributed by atoms with van der Waals surface area (Å²) in [6.45, 7) is -1.15. The second-order valence-electron chi connectivity index (χ2n) is 2.26. The van der Waals surface area contributed by atoms with E-state index in [0.717, 1.165) is 6.07 Å². The van der Waals surface area contributed by atoms with Crippen molar-refractivity contribution in [3.63, 3.8) is 0 Å². The fourth-order valence-corrected chi connectivity index (χ4v) is 0.828. The maximum absolute atomic E-state index is 11.8. The molecule has 2 N–H and O–H groups in total. The molecule has 1 rings (SSSR count). The molecule has 4 heteroatoms. The highest BCUT2D eigenvalue weighted by molar-refractivity contribution is 5.99. The molecular weight excluding hydrogens is 163 g/mol. The van der Waals surface area contributed by atoms with E-state index in [-0.39, 0.29) is 11.3 Å². The Labute approximate surface area is 68.1 Å². The maximum Gasteiger partial charge on any atom is 0.197 e. The van der Waals surface area contributed by atoms with Gasteiger partial charge in [0, 0.05) is 6.07 Å². The minimum Gasteiger partial charge on any atom is -0.508 e. The highest BCUT2D eigenvalue weighted by Crippen LogP contribution is 2.22. The highest BCUT2D eigenvalue weighted by Gasteiger charge is 2.10. The van der Waals surface area contributed by atoms with Crippen LogP contribution in [-0.2, 0) is 0 Å². The molecule has 0 spiro atoms. The quantitative estimate of drug-likeness (QED) is 0.656. The molecule has 0 bridgehead atoms. The average Bonchev–Trinajstić information content (AvgIpc) is 2.03. The lowest BCUT2D eigenvalue weighted by Gasteiger charge is -2.00. The summed E-state index contributed by atoms with van der Waals surface area (Å²) in [6, 6.07) is 3.37. The topological polar surface area (TPSA) is 57.5 Å². The van der Waals surface area contributed by atoms with E-state index < -0.39 is 18.2 Å². The van der Waals surface area contributed by atoms with Gasteiger partial charge >= 0.3 is 0 Å². The van der Waals surface area contributed by atoms with Gasteiger partial charge in [-0.3, -0.25) is 4.79 Å². The number of benzene rings is 1. The van der Waals surface area contributed by atoms with Crippen LogP contribution in [0.2, 0.25) is 0 Å². The van der Waals surface area contributed by atoms with E-state index in [1.54, 1.807) is 0 Å². The Morgan fingerprint density at radius 3 is 2.58 bits per heavy atom. The number of carbonyl (C=O) groups excluding carboxylic acids is 1. The molecule has 0 aromatic heterocycles. The molecule has 0 aliphatic carbocycles. The van der Waals surface area contributed by atoms with E-state index in [9.17, 15) is 9.18 Å². The van der Waals surface area contributed by atoms with Crippen molar-refractivity contribution in [2.24, 2.45) is 0 Å². The van der Waals surface area contributed by atoms with Gasteiger partial charge in [0.1, 0.15) is 11.5 Å². The standard InChI is InChI=1S/C8H7FO3/c9-4-8(12)6-2-1-5(10)3-7(6)11/h1-3,10-11H,4H2. The van der Waals surface area contributed by atoms with Crippen LogP contribution < -0.4 is 0 Å². The lowest BCUT2D eigenvalue weighted by atomic mass is 10.1. The first kappa shape index (κ1) is 8.52. The van der Waals surface area contributed by atoms with Gasteiger partial charge in [0.15, 0.2) is 12.5 Å². The Kier molecular flexibility index (Phi) is 2.28. The fraction of sp³-hybridized carbons (Fsp3) is 0.125. The predicted molar refractivity (Wildman–Crippen MR) is 40.1 cm³/mol. The Morgan fingerprint density at radius 2 is 2.08 bits per heavy atom. The van der Waals surface area contributed by atoms with Crippen LogP contribution in [0.4, 0.5) is 4.39 Å². The largest absolute Gasteiger partial charge is 0.508 e. The van der Waals surface area contributed by atoms with Crippen molar-refractivity contribution in [1.82, 2.24) is 0 Å². The molecule has 1 aromatic rings. The smallest absolute Gasteiger partial charge is 0.197 e. The zero-order valence-corrected chi connectivity index (χ0v) is 6.12. The summed E-state index contributed by atoms with van der Waals surface area (Å²) in [7, 11) is 0. The number of alkyl halides is 1. The van der Waals surface area contributed by atoms with Crippen LogP contribution in [0.1, 0.15) is 10.4 Å². The number of aromatic hydroxyl groups is 2. The molecule has 0 aliphatic heterocycles. The summed E-state index contributed by atoms with van der Waals surface area (Å²) in [6.07, 6.45) is 0. The predicted octanol–water partition coefficient (Wildman–Crippen LogP) is 1.25. The number of halogens is 1. The first-order valence-corrected chi connectivity index (χ1v) is 3.26. The minimum atomic E-state index is -1.15. The number of hydrogen-bond acceptors (Lipinski definition) is 3. The molecule has 12 heavy (non-hydrogen) atoms. The zero-order chi connectivity index (χ0) is 9.14. The molecular formula is C8H7FO3. The first-order valence-electron chi connectivity index (χ1n) is 3.26. The molecule has 1 aromatic carbocycles. The van der Waals surface area contributed by atoms with Gasteiger partial charge in [0.25, 0.3) is 0 Å². The van der Waals surface area contributed by atoms with Gasteiger partial charge in [-0.25, -0.2) is 4.39 Å². The minimum absolute atomic E-state index is 0.115. The normalized spacial score (nSPS) is 9.75. The Balaban J connectivity index is 3.09. The van der Waals surface area contributed by atoms with Gasteiger partial charge in [0.05, 0.1) is 5.56 Å². The third-order valence-corrected chi connectivity index (χ3v) is 1.40. The SMILES string of the molecule is O=C(CF)c1ccc(O)cc1O. The summed E-state index contributed by atoms with van der Waals surface area (Å²) >= 11 is 0. The van der Waals surface area contributed by atoms with Crippen molar-refractivity contribution in [3.8, 4) is 11.5 Å². The Morgan fingerprint density at radius 1 is 1.42 bits per heavy atom. The molecule has 0 saturated carbocycles. The summed E-state index contributed by atoms with van der Waals surface area (Å²) in [5.41, 5.74) is -0.115. The Hall–Kier alpha value is -1.58. The van der Waals surface area contributed by atoms with E-state index in [1.807, 2.05) is 0 Å². The van der Waals surface area contributed by atoms with E-state index in [1.165, 1.54) is 12.1 Å². The fourth-order valence-electron chi connectivity index (χ4n) is 0.828. The van der Waals surface area contributed by atoms with E-state index in [0.29, 0.717) is 0 Å². The second-order valence-corrected chi connectivity index (χ2v) is 2.26. The van der Waals surface area contributed by atoms with Crippen LogP contribution in [0.15, 0.2) is 18.2 Å². The number of phenolic OH excluding ortho intramolecular Hbond substituents is 2. The van der Waals surface area contributed by atoms with Crippen molar-refractivity contribution in [2.75, 3.05) is 6.67 Å². The number of ketones is 1. The van der Waals surface area contributed by atoms with Crippen molar-refractivity contribution >= 4 is 5.78 Å². The summed E-state index contributed by atoms with van der Waals surface area (Å²) < 4.78 is 11.8. The molecule has 0 aliphatic rings. The van der Waals surface area contributed by atoms with Crippen LogP contribution in [0.5, 0.6) is 11.5 Å². The highest BCUT2D eigenvalue weighted by atomic mass is 19.1. The molecule has 64 valence electrons. The van der Waals surface area contributed by atoms with Crippen LogP contribution in [0.25, 0.3) is 0 Å². The lowest BCUT2D eigenvalue weighted by Crippen LogP contribution is -2.00. The average molecular weight is 170 g/mol. The van der Waals surface area contributed by atoms with Crippen LogP contribution in [-0.4, -0.2) is 22.7 Å². The van der Waals surface area contributed by atoms with Crippen LogP contribution in [0, 0.1) is 0 Å². The number of carbonyl (C=O) groups is 1. The van der Waals surface area contributed by atoms with Gasteiger partial charge in [-0.15, -0.1) is 0 Å². The molecule has 0 atom stereocenters. The van der Waals surface area contributed by atoms with E-state index in [2.05, 4.69) is 0 Å². The first-order chi connectivity index (χ1) is 5.65. The third kappa shape index (κ3) is 1.53. The second kappa shape index (κ2) is 3.21. The van der Waals surface area contributed by atoms with Gasteiger partial charge in [-0.1, -0.05) is 0 Å². The molecule has 0 amide bonds.